The minimum Gasteiger partial charge on any atom is -0.376 e. The smallest absolute Gasteiger partial charge is 0.376 e. The van der Waals surface area contributed by atoms with Crippen molar-refractivity contribution in [1.29, 1.82) is 0 Å². The number of hydrogen-bond acceptors (Lipinski definition) is 3. The summed E-state index contributed by atoms with van der Waals surface area (Å²) in [5, 5.41) is 6.35. The van der Waals surface area contributed by atoms with Gasteiger partial charge in [0, 0.05) is 30.3 Å². The molecule has 138 valence electrons. The molecule has 8 heteroatoms. The second kappa shape index (κ2) is 7.74. The van der Waals surface area contributed by atoms with Crippen molar-refractivity contribution >= 4 is 12.0 Å². The third kappa shape index (κ3) is 4.32. The van der Waals surface area contributed by atoms with Crippen LogP contribution in [0.1, 0.15) is 22.5 Å². The number of carbonyl (C=O) groups excluding carboxylic acids is 1. The molecule has 1 amide bonds. The van der Waals surface area contributed by atoms with Crippen molar-refractivity contribution in [2.75, 3.05) is 13.2 Å². The fraction of sp³-hybridized carbons (Fsp3) is 0.333. The average molecular weight is 365 g/mol. The summed E-state index contributed by atoms with van der Waals surface area (Å²) in [7, 11) is 0. The summed E-state index contributed by atoms with van der Waals surface area (Å²) in [4.78, 5) is 11.8. The van der Waals surface area contributed by atoms with Crippen molar-refractivity contribution < 1.29 is 22.7 Å². The molecule has 1 aliphatic heterocycles. The normalized spacial score (nSPS) is 14.4. The van der Waals surface area contributed by atoms with Crippen LogP contribution in [0.15, 0.2) is 36.4 Å². The van der Waals surface area contributed by atoms with Gasteiger partial charge in [-0.3, -0.25) is 9.48 Å². The monoisotopic (exact) mass is 365 g/mol. The number of amides is 1. The van der Waals surface area contributed by atoms with E-state index in [1.54, 1.807) is 6.08 Å². The van der Waals surface area contributed by atoms with Crippen LogP contribution < -0.4 is 5.32 Å². The van der Waals surface area contributed by atoms with E-state index in [0.29, 0.717) is 18.7 Å². The van der Waals surface area contributed by atoms with Crippen LogP contribution in [0.25, 0.3) is 6.08 Å². The van der Waals surface area contributed by atoms with Crippen molar-refractivity contribution in [3.8, 4) is 0 Å². The van der Waals surface area contributed by atoms with E-state index in [4.69, 9.17) is 4.74 Å². The number of hydrogen-bond donors (Lipinski definition) is 1. The number of aromatic nitrogens is 2. The van der Waals surface area contributed by atoms with Crippen LogP contribution in [0.4, 0.5) is 13.2 Å². The minimum atomic E-state index is -4.52. The Bertz CT molecular complexity index is 798. The largest absolute Gasteiger partial charge is 0.435 e. The maximum Gasteiger partial charge on any atom is 0.435 e. The Morgan fingerprint density at radius 3 is 2.81 bits per heavy atom. The lowest BCUT2D eigenvalue weighted by molar-refractivity contribution is -0.142. The van der Waals surface area contributed by atoms with Gasteiger partial charge in [0.1, 0.15) is 0 Å². The van der Waals surface area contributed by atoms with Crippen LogP contribution in [0.3, 0.4) is 0 Å². The maximum absolute atomic E-state index is 13.1. The molecule has 0 fully saturated rings. The lowest BCUT2D eigenvalue weighted by atomic mass is 10.1. The van der Waals surface area contributed by atoms with Crippen molar-refractivity contribution in [1.82, 2.24) is 15.1 Å². The van der Waals surface area contributed by atoms with Gasteiger partial charge in [0.05, 0.1) is 19.8 Å². The van der Waals surface area contributed by atoms with Gasteiger partial charge < -0.3 is 10.1 Å². The third-order valence-electron chi connectivity index (χ3n) is 4.01. The van der Waals surface area contributed by atoms with Gasteiger partial charge in [0.15, 0.2) is 5.69 Å². The molecular weight excluding hydrogens is 347 g/mol. The van der Waals surface area contributed by atoms with Crippen LogP contribution in [-0.4, -0.2) is 28.8 Å². The molecule has 5 nitrogen and oxygen atoms in total. The predicted molar refractivity (Wildman–Crippen MR) is 89.1 cm³/mol. The van der Waals surface area contributed by atoms with E-state index >= 15 is 0 Å². The van der Waals surface area contributed by atoms with E-state index in [1.807, 2.05) is 30.3 Å². The summed E-state index contributed by atoms with van der Waals surface area (Å²) in [6, 6.07) is 9.32. The highest BCUT2D eigenvalue weighted by Gasteiger charge is 2.39. The molecule has 1 aromatic heterocycles. The van der Waals surface area contributed by atoms with Gasteiger partial charge in [-0.05, 0) is 11.6 Å². The number of halogens is 3. The number of nitrogens with one attached hydrogen (secondary N) is 1. The van der Waals surface area contributed by atoms with Gasteiger partial charge in [0.25, 0.3) is 0 Å². The Morgan fingerprint density at radius 2 is 2.08 bits per heavy atom. The topological polar surface area (TPSA) is 56.2 Å². The van der Waals surface area contributed by atoms with Crippen molar-refractivity contribution in [2.24, 2.45) is 0 Å². The van der Waals surface area contributed by atoms with Crippen LogP contribution >= 0.6 is 0 Å². The highest BCUT2D eigenvalue weighted by atomic mass is 19.4. The molecule has 0 radical (unpaired) electrons. The Labute approximate surface area is 148 Å². The molecule has 1 N–H and O–H groups in total. The van der Waals surface area contributed by atoms with Crippen LogP contribution in [0, 0.1) is 0 Å². The van der Waals surface area contributed by atoms with E-state index in [2.05, 4.69) is 10.4 Å². The number of ether oxygens (including phenoxy) is 1. The van der Waals surface area contributed by atoms with Crippen LogP contribution in [0.2, 0.25) is 0 Å². The van der Waals surface area contributed by atoms with Gasteiger partial charge in [-0.25, -0.2) is 0 Å². The van der Waals surface area contributed by atoms with Crippen molar-refractivity contribution in [3.63, 3.8) is 0 Å². The van der Waals surface area contributed by atoms with E-state index in [-0.39, 0.29) is 31.2 Å². The van der Waals surface area contributed by atoms with Gasteiger partial charge in [-0.2, -0.15) is 18.3 Å². The fourth-order valence-electron chi connectivity index (χ4n) is 2.80. The number of carbonyl (C=O) groups is 1. The molecule has 3 rings (SSSR count). The maximum atomic E-state index is 13.1. The van der Waals surface area contributed by atoms with E-state index < -0.39 is 11.9 Å². The first-order valence-electron chi connectivity index (χ1n) is 8.19. The number of benzene rings is 1. The Balaban J connectivity index is 1.60. The zero-order valence-electron chi connectivity index (χ0n) is 13.9. The number of nitrogens with zero attached hydrogens (tertiary/aromatic N) is 2. The standard InChI is InChI=1S/C18H18F3N3O2/c19-18(20,21)17-14-12-26-11-8-15(14)24(23-17)10-9-22-16(25)7-6-13-4-2-1-3-5-13/h1-7H,8-12H2,(H,22,25)/b7-6+. The number of rotatable bonds is 5. The fourth-order valence-corrected chi connectivity index (χ4v) is 2.80. The lowest BCUT2D eigenvalue weighted by Crippen LogP contribution is -2.27. The summed E-state index contributed by atoms with van der Waals surface area (Å²) >= 11 is 0. The molecule has 2 heterocycles. The van der Waals surface area contributed by atoms with Gasteiger partial charge in [0.2, 0.25) is 5.91 Å². The zero-order valence-corrected chi connectivity index (χ0v) is 13.9. The molecule has 2 aromatic rings. The minimum absolute atomic E-state index is 0.0870. The quantitative estimate of drug-likeness (QED) is 0.829. The summed E-state index contributed by atoms with van der Waals surface area (Å²) in [5.41, 5.74) is 0.609. The molecule has 0 saturated heterocycles. The molecular formula is C18H18F3N3O2. The van der Waals surface area contributed by atoms with E-state index in [9.17, 15) is 18.0 Å². The molecule has 0 atom stereocenters. The average Bonchev–Trinajstić information content (AvgIpc) is 3.00. The van der Waals surface area contributed by atoms with Crippen LogP contribution in [-0.2, 0) is 35.3 Å². The summed E-state index contributed by atoms with van der Waals surface area (Å²) in [5.74, 6) is -0.311. The number of fused-ring (bicyclic) bond motifs is 1. The first kappa shape index (κ1) is 18.2. The van der Waals surface area contributed by atoms with Gasteiger partial charge in [-0.15, -0.1) is 0 Å². The summed E-state index contributed by atoms with van der Waals surface area (Å²) in [6.07, 6.45) is -1.08. The van der Waals surface area contributed by atoms with Crippen LogP contribution in [0.5, 0.6) is 0 Å². The lowest BCUT2D eigenvalue weighted by Gasteiger charge is -2.15. The predicted octanol–water partition coefficient (Wildman–Crippen LogP) is 2.80. The molecule has 1 aliphatic rings. The highest BCUT2D eigenvalue weighted by Crippen LogP contribution is 2.34. The first-order chi connectivity index (χ1) is 12.4. The van der Waals surface area contributed by atoms with Crippen molar-refractivity contribution in [3.05, 3.63) is 58.9 Å². The highest BCUT2D eigenvalue weighted by molar-refractivity contribution is 5.91. The molecule has 0 bridgehead atoms. The Hall–Kier alpha value is -2.61. The van der Waals surface area contributed by atoms with Gasteiger partial charge in [-0.1, -0.05) is 30.3 Å². The zero-order chi connectivity index (χ0) is 18.6. The molecule has 0 spiro atoms. The second-order valence-electron chi connectivity index (χ2n) is 5.83. The molecule has 0 unspecified atom stereocenters. The summed E-state index contributed by atoms with van der Waals surface area (Å²) < 4.78 is 45.7. The SMILES string of the molecule is O=C(/C=C/c1ccccc1)NCCn1nc(C(F)(F)F)c2c1CCOC2. The first-order valence-corrected chi connectivity index (χ1v) is 8.19. The summed E-state index contributed by atoms with van der Waals surface area (Å²) in [6.45, 7) is 0.631. The molecule has 0 aliphatic carbocycles. The molecule has 0 saturated carbocycles. The molecule has 26 heavy (non-hydrogen) atoms. The Morgan fingerprint density at radius 1 is 1.31 bits per heavy atom. The van der Waals surface area contributed by atoms with Gasteiger partial charge >= 0.3 is 6.18 Å². The van der Waals surface area contributed by atoms with Crippen molar-refractivity contribution in [2.45, 2.75) is 25.7 Å². The van der Waals surface area contributed by atoms with E-state index in [0.717, 1.165) is 5.56 Å². The number of alkyl halides is 3. The molecule has 1 aromatic carbocycles. The second-order valence-corrected chi connectivity index (χ2v) is 5.83. The third-order valence-corrected chi connectivity index (χ3v) is 4.01. The Kier molecular flexibility index (Phi) is 5.41. The van der Waals surface area contributed by atoms with E-state index in [1.165, 1.54) is 10.8 Å².